The van der Waals surface area contributed by atoms with Crippen LogP contribution in [0.15, 0.2) is 60.8 Å². The number of halogens is 1. The number of hydrogen-bond acceptors (Lipinski definition) is 4. The lowest BCUT2D eigenvalue weighted by Gasteiger charge is -2.35. The Bertz CT molecular complexity index is 1110. The molecule has 1 aliphatic rings. The Kier molecular flexibility index (Phi) is 5.63. The third-order valence-electron chi connectivity index (χ3n) is 5.29. The van der Waals surface area contributed by atoms with Crippen molar-refractivity contribution in [3.05, 3.63) is 76.9 Å². The third kappa shape index (κ3) is 4.37. The van der Waals surface area contributed by atoms with Gasteiger partial charge < -0.3 is 15.0 Å². The van der Waals surface area contributed by atoms with Crippen LogP contribution >= 0.6 is 11.6 Å². The van der Waals surface area contributed by atoms with Crippen molar-refractivity contribution >= 4 is 34.7 Å². The second-order valence-corrected chi connectivity index (χ2v) is 9.19. The maximum atomic E-state index is 13.1. The predicted molar refractivity (Wildman–Crippen MR) is 126 cm³/mol. The molecule has 2 aromatic carbocycles. The second kappa shape index (κ2) is 8.23. The fourth-order valence-corrected chi connectivity index (χ4v) is 3.89. The zero-order valence-corrected chi connectivity index (χ0v) is 18.9. The fraction of sp³-hybridized carbons (Fsp3) is 0.280. The molecular formula is C25H26ClN3O2. The number of nitrogens with zero attached hydrogens (tertiary/aromatic N) is 2. The molecule has 0 spiro atoms. The normalized spacial score (nSPS) is 15.8. The van der Waals surface area contributed by atoms with Crippen LogP contribution in [-0.2, 0) is 5.41 Å². The highest BCUT2D eigenvalue weighted by Crippen LogP contribution is 2.42. The maximum Gasteiger partial charge on any atom is 0.259 e. The van der Waals surface area contributed by atoms with Gasteiger partial charge in [0.15, 0.2) is 11.6 Å². The SMILES string of the molecule is CC1CN(c2ncccc2Cl)c2cccc(C(=O)Nc3ccc(C(C)(C)C)cc3)c2O1. The molecule has 1 aromatic heterocycles. The number of carbonyl (C=O) groups is 1. The van der Waals surface area contributed by atoms with Gasteiger partial charge in [-0.25, -0.2) is 4.98 Å². The molecule has 1 N–H and O–H groups in total. The number of fused-ring (bicyclic) bond motifs is 1. The van der Waals surface area contributed by atoms with Crippen LogP contribution in [0.1, 0.15) is 43.6 Å². The molecule has 1 aliphatic heterocycles. The zero-order chi connectivity index (χ0) is 22.2. The Morgan fingerprint density at radius 3 is 2.55 bits per heavy atom. The molecule has 31 heavy (non-hydrogen) atoms. The minimum atomic E-state index is -0.221. The molecule has 5 nitrogen and oxygen atoms in total. The van der Waals surface area contributed by atoms with E-state index in [0.717, 1.165) is 11.4 Å². The van der Waals surface area contributed by atoms with Gasteiger partial charge in [0.2, 0.25) is 0 Å². The molecule has 0 radical (unpaired) electrons. The Hall–Kier alpha value is -3.05. The van der Waals surface area contributed by atoms with Gasteiger partial charge in [0.05, 0.1) is 22.8 Å². The molecule has 0 aliphatic carbocycles. The van der Waals surface area contributed by atoms with Crippen molar-refractivity contribution in [2.45, 2.75) is 39.2 Å². The summed E-state index contributed by atoms with van der Waals surface area (Å²) in [5, 5.41) is 3.54. The first-order valence-corrected chi connectivity index (χ1v) is 10.7. The van der Waals surface area contributed by atoms with Gasteiger partial charge in [0, 0.05) is 11.9 Å². The van der Waals surface area contributed by atoms with E-state index in [4.69, 9.17) is 16.3 Å². The van der Waals surface area contributed by atoms with E-state index >= 15 is 0 Å². The summed E-state index contributed by atoms with van der Waals surface area (Å²) >= 11 is 6.40. The lowest BCUT2D eigenvalue weighted by atomic mass is 9.87. The van der Waals surface area contributed by atoms with Gasteiger partial charge in [-0.05, 0) is 54.3 Å². The van der Waals surface area contributed by atoms with Crippen LogP contribution in [-0.4, -0.2) is 23.5 Å². The molecule has 0 fully saturated rings. The van der Waals surface area contributed by atoms with Crippen LogP contribution in [0.4, 0.5) is 17.2 Å². The molecule has 3 aromatic rings. The van der Waals surface area contributed by atoms with Gasteiger partial charge in [-0.2, -0.15) is 0 Å². The summed E-state index contributed by atoms with van der Waals surface area (Å²) in [4.78, 5) is 19.6. The highest BCUT2D eigenvalue weighted by Gasteiger charge is 2.30. The molecule has 1 unspecified atom stereocenters. The lowest BCUT2D eigenvalue weighted by molar-refractivity contribution is 0.102. The number of anilines is 3. The van der Waals surface area contributed by atoms with E-state index in [-0.39, 0.29) is 17.4 Å². The van der Waals surface area contributed by atoms with Crippen LogP contribution < -0.4 is 15.0 Å². The molecule has 160 valence electrons. The minimum Gasteiger partial charge on any atom is -0.486 e. The van der Waals surface area contributed by atoms with Gasteiger partial charge in [-0.3, -0.25) is 4.79 Å². The topological polar surface area (TPSA) is 54.5 Å². The first kappa shape index (κ1) is 21.2. The molecule has 0 saturated carbocycles. The van der Waals surface area contributed by atoms with Gasteiger partial charge in [0.1, 0.15) is 6.10 Å². The molecule has 2 heterocycles. The van der Waals surface area contributed by atoms with Crippen molar-refractivity contribution in [2.24, 2.45) is 0 Å². The molecule has 1 amide bonds. The summed E-state index contributed by atoms with van der Waals surface area (Å²) < 4.78 is 6.10. The van der Waals surface area contributed by atoms with Crippen molar-refractivity contribution in [3.63, 3.8) is 0 Å². The monoisotopic (exact) mass is 435 g/mol. The van der Waals surface area contributed by atoms with Crippen molar-refractivity contribution < 1.29 is 9.53 Å². The molecule has 4 rings (SSSR count). The van der Waals surface area contributed by atoms with Crippen LogP contribution in [0.3, 0.4) is 0 Å². The van der Waals surface area contributed by atoms with Crippen LogP contribution in [0.25, 0.3) is 0 Å². The zero-order valence-electron chi connectivity index (χ0n) is 18.1. The average Bonchev–Trinajstić information content (AvgIpc) is 2.73. The number of para-hydroxylation sites is 1. The first-order chi connectivity index (χ1) is 14.7. The Labute approximate surface area is 188 Å². The van der Waals surface area contributed by atoms with Crippen LogP contribution in [0.2, 0.25) is 5.02 Å². The van der Waals surface area contributed by atoms with Crippen molar-refractivity contribution in [1.82, 2.24) is 4.98 Å². The number of pyridine rings is 1. The van der Waals surface area contributed by atoms with Gasteiger partial charge in [-0.15, -0.1) is 0 Å². The number of ether oxygens (including phenoxy) is 1. The summed E-state index contributed by atoms with van der Waals surface area (Å²) in [6, 6.07) is 17.1. The average molecular weight is 436 g/mol. The smallest absolute Gasteiger partial charge is 0.259 e. The third-order valence-corrected chi connectivity index (χ3v) is 5.59. The van der Waals surface area contributed by atoms with Crippen molar-refractivity contribution in [3.8, 4) is 5.75 Å². The summed E-state index contributed by atoms with van der Waals surface area (Å²) in [5.41, 5.74) is 3.25. The predicted octanol–water partition coefficient (Wildman–Crippen LogP) is 6.20. The number of carbonyl (C=O) groups excluding carboxylic acids is 1. The van der Waals surface area contributed by atoms with Gasteiger partial charge in [-0.1, -0.05) is 50.6 Å². The van der Waals surface area contributed by atoms with E-state index in [1.807, 2.05) is 54.3 Å². The maximum absolute atomic E-state index is 13.1. The fourth-order valence-electron chi connectivity index (χ4n) is 3.66. The number of nitrogens with one attached hydrogen (secondary N) is 1. The summed E-state index contributed by atoms with van der Waals surface area (Å²) in [7, 11) is 0. The molecule has 1 atom stereocenters. The van der Waals surface area contributed by atoms with Crippen molar-refractivity contribution in [2.75, 3.05) is 16.8 Å². The van der Waals surface area contributed by atoms with Gasteiger partial charge in [0.25, 0.3) is 5.91 Å². The number of aromatic nitrogens is 1. The van der Waals surface area contributed by atoms with E-state index in [1.54, 1.807) is 18.3 Å². The number of benzene rings is 2. The number of amides is 1. The second-order valence-electron chi connectivity index (χ2n) is 8.78. The van der Waals surface area contributed by atoms with E-state index in [1.165, 1.54) is 5.56 Å². The van der Waals surface area contributed by atoms with Crippen molar-refractivity contribution in [1.29, 1.82) is 0 Å². The van der Waals surface area contributed by atoms with Gasteiger partial charge >= 0.3 is 0 Å². The largest absolute Gasteiger partial charge is 0.486 e. The molecule has 0 saturated heterocycles. The molecular weight excluding hydrogens is 410 g/mol. The van der Waals surface area contributed by atoms with E-state index < -0.39 is 0 Å². The highest BCUT2D eigenvalue weighted by atomic mass is 35.5. The lowest BCUT2D eigenvalue weighted by Crippen LogP contribution is -2.36. The quantitative estimate of drug-likeness (QED) is 0.531. The van der Waals surface area contributed by atoms with Crippen LogP contribution in [0, 0.1) is 0 Å². The Balaban J connectivity index is 1.65. The Morgan fingerprint density at radius 1 is 1.13 bits per heavy atom. The first-order valence-electron chi connectivity index (χ1n) is 10.3. The summed E-state index contributed by atoms with van der Waals surface area (Å²) in [6.45, 7) is 9.04. The molecule has 0 bridgehead atoms. The summed E-state index contributed by atoms with van der Waals surface area (Å²) in [6.07, 6.45) is 1.57. The minimum absolute atomic E-state index is 0.0568. The van der Waals surface area contributed by atoms with E-state index in [2.05, 4.69) is 31.1 Å². The van der Waals surface area contributed by atoms with Crippen LogP contribution in [0.5, 0.6) is 5.75 Å². The van der Waals surface area contributed by atoms with E-state index in [0.29, 0.717) is 28.7 Å². The molecule has 6 heteroatoms. The standard InChI is InChI=1S/C25H26ClN3O2/c1-16-15-29(23-20(26)8-6-14-27-23)21-9-5-7-19(22(21)31-16)24(30)28-18-12-10-17(11-13-18)25(2,3)4/h5-14,16H,15H2,1-4H3,(H,28,30). The number of rotatable bonds is 3. The Morgan fingerprint density at radius 2 is 1.87 bits per heavy atom. The number of hydrogen-bond donors (Lipinski definition) is 1. The summed E-state index contributed by atoms with van der Waals surface area (Å²) in [5.74, 6) is 0.962. The highest BCUT2D eigenvalue weighted by molar-refractivity contribution is 6.33. The van der Waals surface area contributed by atoms with E-state index in [9.17, 15) is 4.79 Å².